The third kappa shape index (κ3) is 7.50. The van der Waals surface area contributed by atoms with Gasteiger partial charge in [0.2, 0.25) is 0 Å². The lowest BCUT2D eigenvalue weighted by atomic mass is 10.1. The number of carbonyl (C=O) groups is 1. The smallest absolute Gasteiger partial charge is 0.327 e. The number of nitrogens with two attached hydrogens (primary N) is 1. The molecule has 0 saturated heterocycles. The van der Waals surface area contributed by atoms with Gasteiger partial charge in [0.25, 0.3) is 10.1 Å². The van der Waals surface area contributed by atoms with Crippen molar-refractivity contribution in [1.82, 2.24) is 0 Å². The van der Waals surface area contributed by atoms with Crippen molar-refractivity contribution in [2.45, 2.75) is 24.5 Å². The third-order valence-electron chi connectivity index (χ3n) is 3.96. The SMILES string of the molecule is Cc1ccc(S(=O)(=O)O)cc1.NC(C(=O)OCc1ccccc1)c1ccccc1. The van der Waals surface area contributed by atoms with Gasteiger partial charge in [-0.05, 0) is 30.2 Å². The summed E-state index contributed by atoms with van der Waals surface area (Å²) >= 11 is 0. The van der Waals surface area contributed by atoms with E-state index < -0.39 is 22.1 Å². The summed E-state index contributed by atoms with van der Waals surface area (Å²) in [4.78, 5) is 11.7. The van der Waals surface area contributed by atoms with Gasteiger partial charge in [0, 0.05) is 0 Å². The van der Waals surface area contributed by atoms with E-state index >= 15 is 0 Å². The van der Waals surface area contributed by atoms with Crippen molar-refractivity contribution in [3.63, 3.8) is 0 Å². The fourth-order valence-corrected chi connectivity index (χ4v) is 2.81. The first-order valence-electron chi connectivity index (χ1n) is 8.82. The van der Waals surface area contributed by atoms with Crippen LogP contribution in [0.5, 0.6) is 0 Å². The van der Waals surface area contributed by atoms with E-state index in [4.69, 9.17) is 15.0 Å². The van der Waals surface area contributed by atoms with E-state index in [2.05, 4.69) is 0 Å². The van der Waals surface area contributed by atoms with E-state index in [0.717, 1.165) is 16.7 Å². The van der Waals surface area contributed by atoms with Gasteiger partial charge in [0.15, 0.2) is 0 Å². The molecule has 0 radical (unpaired) electrons. The lowest BCUT2D eigenvalue weighted by molar-refractivity contribution is -0.146. The van der Waals surface area contributed by atoms with E-state index in [1.807, 2.05) is 67.6 Å². The van der Waals surface area contributed by atoms with Crippen molar-refractivity contribution in [3.05, 3.63) is 102 Å². The highest BCUT2D eigenvalue weighted by Crippen LogP contribution is 2.12. The highest BCUT2D eigenvalue weighted by Gasteiger charge is 2.16. The van der Waals surface area contributed by atoms with Gasteiger partial charge in [-0.1, -0.05) is 78.4 Å². The minimum absolute atomic E-state index is 0.0666. The highest BCUT2D eigenvalue weighted by molar-refractivity contribution is 7.85. The Labute approximate surface area is 170 Å². The second kappa shape index (κ2) is 10.5. The van der Waals surface area contributed by atoms with Crippen LogP contribution in [0.2, 0.25) is 0 Å². The molecular weight excluding hydrogens is 390 g/mol. The highest BCUT2D eigenvalue weighted by atomic mass is 32.2. The Kier molecular flexibility index (Phi) is 8.09. The zero-order chi connectivity index (χ0) is 21.3. The lowest BCUT2D eigenvalue weighted by Crippen LogP contribution is -2.23. The fourth-order valence-electron chi connectivity index (χ4n) is 2.33. The van der Waals surface area contributed by atoms with E-state index in [1.165, 1.54) is 12.1 Å². The molecule has 7 heteroatoms. The van der Waals surface area contributed by atoms with Crippen LogP contribution >= 0.6 is 0 Å². The molecule has 6 nitrogen and oxygen atoms in total. The number of aryl methyl sites for hydroxylation is 1. The Morgan fingerprint density at radius 1 is 0.931 bits per heavy atom. The zero-order valence-electron chi connectivity index (χ0n) is 15.9. The Balaban J connectivity index is 0.000000234. The Hall–Kier alpha value is -3.00. The van der Waals surface area contributed by atoms with Crippen molar-refractivity contribution < 1.29 is 22.5 Å². The number of esters is 1. The molecule has 0 aliphatic rings. The molecular formula is C22H23NO5S. The van der Waals surface area contributed by atoms with Gasteiger partial charge >= 0.3 is 5.97 Å². The molecule has 0 heterocycles. The number of rotatable bonds is 5. The molecule has 152 valence electrons. The third-order valence-corrected chi connectivity index (χ3v) is 4.82. The summed E-state index contributed by atoms with van der Waals surface area (Å²) in [6.45, 7) is 2.09. The maximum absolute atomic E-state index is 11.8. The maximum Gasteiger partial charge on any atom is 0.327 e. The topological polar surface area (TPSA) is 107 Å². The second-order valence-corrected chi connectivity index (χ2v) is 7.69. The molecule has 0 aliphatic heterocycles. The minimum atomic E-state index is -4.02. The van der Waals surface area contributed by atoms with Crippen molar-refractivity contribution in [2.75, 3.05) is 0 Å². The molecule has 29 heavy (non-hydrogen) atoms. The molecule has 0 fully saturated rings. The van der Waals surface area contributed by atoms with Crippen LogP contribution in [0.4, 0.5) is 0 Å². The summed E-state index contributed by atoms with van der Waals surface area (Å²) in [6, 6.07) is 24.0. The van der Waals surface area contributed by atoms with E-state index in [9.17, 15) is 13.2 Å². The largest absolute Gasteiger partial charge is 0.459 e. The van der Waals surface area contributed by atoms with Gasteiger partial charge in [0.05, 0.1) is 4.90 Å². The monoisotopic (exact) mass is 413 g/mol. The van der Waals surface area contributed by atoms with Crippen LogP contribution in [0.3, 0.4) is 0 Å². The molecule has 0 spiro atoms. The molecule has 0 bridgehead atoms. The van der Waals surface area contributed by atoms with E-state index in [-0.39, 0.29) is 11.5 Å². The van der Waals surface area contributed by atoms with E-state index in [0.29, 0.717) is 0 Å². The van der Waals surface area contributed by atoms with Crippen molar-refractivity contribution in [1.29, 1.82) is 0 Å². The molecule has 3 aromatic rings. The maximum atomic E-state index is 11.8. The van der Waals surface area contributed by atoms with Crippen molar-refractivity contribution in [3.8, 4) is 0 Å². The number of ether oxygens (including phenoxy) is 1. The molecule has 0 aromatic heterocycles. The Morgan fingerprint density at radius 3 is 1.97 bits per heavy atom. The van der Waals surface area contributed by atoms with Gasteiger partial charge in [-0.25, -0.2) is 4.79 Å². The Bertz CT molecular complexity index is 1000. The zero-order valence-corrected chi connectivity index (χ0v) is 16.7. The first-order valence-corrected chi connectivity index (χ1v) is 10.3. The average Bonchev–Trinajstić information content (AvgIpc) is 2.73. The molecule has 1 atom stereocenters. The summed E-state index contributed by atoms with van der Waals surface area (Å²) in [7, 11) is -4.02. The first-order chi connectivity index (χ1) is 13.8. The van der Waals surface area contributed by atoms with Crippen LogP contribution in [0, 0.1) is 6.92 Å². The quantitative estimate of drug-likeness (QED) is 0.488. The summed E-state index contributed by atoms with van der Waals surface area (Å²) in [5.74, 6) is -0.412. The summed E-state index contributed by atoms with van der Waals surface area (Å²) in [5, 5.41) is 0. The number of benzene rings is 3. The Morgan fingerprint density at radius 2 is 1.45 bits per heavy atom. The van der Waals surface area contributed by atoms with Gasteiger partial charge in [-0.2, -0.15) is 8.42 Å². The minimum Gasteiger partial charge on any atom is -0.459 e. The van der Waals surface area contributed by atoms with Crippen LogP contribution in [-0.2, 0) is 26.3 Å². The average molecular weight is 413 g/mol. The van der Waals surface area contributed by atoms with Crippen LogP contribution in [0.25, 0.3) is 0 Å². The molecule has 3 aromatic carbocycles. The van der Waals surface area contributed by atoms with Crippen molar-refractivity contribution >= 4 is 16.1 Å². The summed E-state index contributed by atoms with van der Waals surface area (Å²) < 4.78 is 34.7. The van der Waals surface area contributed by atoms with Crippen LogP contribution in [0.15, 0.2) is 89.8 Å². The number of hydrogen-bond donors (Lipinski definition) is 2. The van der Waals surface area contributed by atoms with Gasteiger partial charge in [-0.15, -0.1) is 0 Å². The molecule has 3 N–H and O–H groups in total. The number of hydrogen-bond acceptors (Lipinski definition) is 5. The van der Waals surface area contributed by atoms with Crippen molar-refractivity contribution in [2.24, 2.45) is 5.73 Å². The van der Waals surface area contributed by atoms with Gasteiger partial charge in [0.1, 0.15) is 12.6 Å². The lowest BCUT2D eigenvalue weighted by Gasteiger charge is -2.11. The summed E-state index contributed by atoms with van der Waals surface area (Å²) in [6.07, 6.45) is 0. The van der Waals surface area contributed by atoms with Crippen LogP contribution in [-0.4, -0.2) is 18.9 Å². The van der Waals surface area contributed by atoms with Gasteiger partial charge in [-0.3, -0.25) is 4.55 Å². The van der Waals surface area contributed by atoms with Crippen LogP contribution in [0.1, 0.15) is 22.7 Å². The van der Waals surface area contributed by atoms with E-state index in [1.54, 1.807) is 12.1 Å². The normalized spacial score (nSPS) is 11.7. The predicted molar refractivity (Wildman–Crippen MR) is 111 cm³/mol. The molecule has 0 saturated carbocycles. The first kappa shape index (κ1) is 22.3. The number of carbonyl (C=O) groups excluding carboxylic acids is 1. The molecule has 0 aliphatic carbocycles. The summed E-state index contributed by atoms with van der Waals surface area (Å²) in [5.41, 5.74) is 8.49. The second-order valence-electron chi connectivity index (χ2n) is 6.27. The predicted octanol–water partition coefficient (Wildman–Crippen LogP) is 3.67. The van der Waals surface area contributed by atoms with Crippen LogP contribution < -0.4 is 5.73 Å². The van der Waals surface area contributed by atoms with Gasteiger partial charge < -0.3 is 10.5 Å². The molecule has 0 amide bonds. The fraction of sp³-hybridized carbons (Fsp3) is 0.136. The molecule has 1 unspecified atom stereocenters. The standard InChI is InChI=1S/C15H15NO2.C7H8O3S/c16-14(13-9-5-2-6-10-13)15(17)18-11-12-7-3-1-4-8-12;1-6-2-4-7(5-3-6)11(8,9)10/h1-10,14H,11,16H2;2-5H,1H3,(H,8,9,10). The molecule has 3 rings (SSSR count).